The van der Waals surface area contributed by atoms with Gasteiger partial charge >= 0.3 is 0 Å². The standard InChI is InChI=1S/C28H35N5O5S/c1-39(36,37)33-7-5-16(6-8-33)11-23(34)26-31-27(38-32-26)21-15-29-22-4-2-3-20(22)25(21)30-24-18-9-17-10-19(24)14-28(35,12-17)13-18/h2-3,15-19,24,35H,4-14H2,1H3,(H,29,30)/t17?,18-,19+,24?,28?. The lowest BCUT2D eigenvalue weighted by Crippen LogP contribution is -2.59. The molecule has 2 N–H and O–H groups in total. The number of carbonyl (C=O) groups is 1. The molecule has 0 spiro atoms. The SMILES string of the molecule is CS(=O)(=O)N1CCC(CC(=O)c2noc(-c3cnc4c(c3NC3[C@@H]5CC6C[C@H]3CC(O)(C6)C5)C=CC4)n2)CC1. The molecule has 4 bridgehead atoms. The molecule has 2 aromatic heterocycles. The van der Waals surface area contributed by atoms with Crippen molar-refractivity contribution < 1.29 is 22.8 Å². The van der Waals surface area contributed by atoms with Crippen LogP contribution in [0.3, 0.4) is 0 Å². The summed E-state index contributed by atoms with van der Waals surface area (Å²) in [6, 6.07) is 0.267. The fraction of sp³-hybridized carbons (Fsp3) is 0.643. The largest absolute Gasteiger partial charge is 0.390 e. The van der Waals surface area contributed by atoms with Crippen molar-refractivity contribution in [3.05, 3.63) is 29.4 Å². The monoisotopic (exact) mass is 553 g/mol. The number of rotatable bonds is 7. The van der Waals surface area contributed by atoms with Gasteiger partial charge in [-0.15, -0.1) is 0 Å². The number of carbonyl (C=O) groups excluding carboxylic acids is 1. The van der Waals surface area contributed by atoms with Crippen LogP contribution in [0.15, 0.2) is 16.8 Å². The Balaban J connectivity index is 1.11. The number of hydrogen-bond acceptors (Lipinski definition) is 9. The van der Waals surface area contributed by atoms with Crippen molar-refractivity contribution in [2.24, 2.45) is 23.7 Å². The summed E-state index contributed by atoms with van der Waals surface area (Å²) in [6.07, 6.45) is 14.4. The Morgan fingerprint density at radius 1 is 1.21 bits per heavy atom. The van der Waals surface area contributed by atoms with Crippen LogP contribution in [0.2, 0.25) is 0 Å². The maximum Gasteiger partial charge on any atom is 0.262 e. The molecule has 1 saturated heterocycles. The molecule has 5 atom stereocenters. The first-order valence-corrected chi connectivity index (χ1v) is 16.0. The first kappa shape index (κ1) is 25.3. The van der Waals surface area contributed by atoms with Crippen LogP contribution in [0.4, 0.5) is 5.69 Å². The van der Waals surface area contributed by atoms with Crippen molar-refractivity contribution in [1.29, 1.82) is 0 Å². The second kappa shape index (κ2) is 9.21. The Bertz CT molecular complexity index is 1430. The number of hydrogen-bond donors (Lipinski definition) is 2. The molecule has 2 aromatic rings. The highest BCUT2D eigenvalue weighted by Gasteiger charge is 2.55. The highest BCUT2D eigenvalue weighted by molar-refractivity contribution is 7.88. The van der Waals surface area contributed by atoms with Crippen LogP contribution in [0.5, 0.6) is 0 Å². The summed E-state index contributed by atoms with van der Waals surface area (Å²) in [7, 11) is -3.21. The van der Waals surface area contributed by atoms with Crippen molar-refractivity contribution in [1.82, 2.24) is 19.4 Å². The lowest BCUT2D eigenvalue weighted by molar-refractivity contribution is -0.129. The molecule has 0 aromatic carbocycles. The molecule has 208 valence electrons. The zero-order valence-corrected chi connectivity index (χ0v) is 23.0. The number of allylic oxidation sites excluding steroid dienone is 1. The fourth-order valence-corrected chi connectivity index (χ4v) is 9.02. The van der Waals surface area contributed by atoms with Crippen LogP contribution < -0.4 is 5.32 Å². The molecule has 8 rings (SSSR count). The summed E-state index contributed by atoms with van der Waals surface area (Å²) in [5, 5.41) is 18.9. The summed E-state index contributed by atoms with van der Waals surface area (Å²) in [5.41, 5.74) is 3.15. The van der Waals surface area contributed by atoms with Gasteiger partial charge in [-0.25, -0.2) is 12.7 Å². The van der Waals surface area contributed by atoms with Gasteiger partial charge in [0.2, 0.25) is 21.6 Å². The molecular formula is C28H35N5O5S. The van der Waals surface area contributed by atoms with Gasteiger partial charge in [-0.1, -0.05) is 17.3 Å². The van der Waals surface area contributed by atoms with Crippen molar-refractivity contribution in [3.8, 4) is 11.5 Å². The van der Waals surface area contributed by atoms with E-state index in [1.54, 1.807) is 6.20 Å². The van der Waals surface area contributed by atoms with Gasteiger partial charge in [-0.05, 0) is 68.6 Å². The van der Waals surface area contributed by atoms with Gasteiger partial charge < -0.3 is 14.9 Å². The first-order valence-electron chi connectivity index (χ1n) is 14.1. The summed E-state index contributed by atoms with van der Waals surface area (Å²) in [5.74, 6) is 1.69. The van der Waals surface area contributed by atoms with Crippen molar-refractivity contribution in [2.75, 3.05) is 24.7 Å². The van der Waals surface area contributed by atoms with Gasteiger partial charge in [0, 0.05) is 43.7 Å². The molecule has 1 aliphatic heterocycles. The zero-order valence-electron chi connectivity index (χ0n) is 22.2. The number of sulfonamides is 1. The summed E-state index contributed by atoms with van der Waals surface area (Å²) < 4.78 is 30.7. The fourth-order valence-electron chi connectivity index (χ4n) is 8.14. The van der Waals surface area contributed by atoms with Crippen LogP contribution in [0, 0.1) is 23.7 Å². The average Bonchev–Trinajstić information content (AvgIpc) is 3.55. The van der Waals surface area contributed by atoms with E-state index in [9.17, 15) is 18.3 Å². The van der Waals surface area contributed by atoms with E-state index in [1.165, 1.54) is 10.6 Å². The molecule has 11 heteroatoms. The molecule has 0 radical (unpaired) electrons. The van der Waals surface area contributed by atoms with Crippen LogP contribution in [-0.2, 0) is 16.4 Å². The molecular weight excluding hydrogens is 518 g/mol. The predicted molar refractivity (Wildman–Crippen MR) is 144 cm³/mol. The van der Waals surface area contributed by atoms with Crippen LogP contribution >= 0.6 is 0 Å². The molecule has 0 amide bonds. The number of Topliss-reactive ketones (excluding diaryl/α,β-unsaturated/α-hetero) is 1. The number of piperidine rings is 1. The van der Waals surface area contributed by atoms with E-state index < -0.39 is 15.6 Å². The number of pyridine rings is 1. The van der Waals surface area contributed by atoms with E-state index in [4.69, 9.17) is 4.52 Å². The van der Waals surface area contributed by atoms with Crippen LogP contribution in [-0.4, -0.2) is 69.7 Å². The molecule has 39 heavy (non-hydrogen) atoms. The summed E-state index contributed by atoms with van der Waals surface area (Å²) >= 11 is 0. The Morgan fingerprint density at radius 2 is 1.95 bits per heavy atom. The molecule has 5 fully saturated rings. The summed E-state index contributed by atoms with van der Waals surface area (Å²) in [6.45, 7) is 0.859. The number of ketones is 1. The highest BCUT2D eigenvalue weighted by Crippen LogP contribution is 2.56. The molecule has 4 saturated carbocycles. The Hall–Kier alpha value is -2.63. The molecule has 3 heterocycles. The minimum atomic E-state index is -3.21. The quantitative estimate of drug-likeness (QED) is 0.495. The molecule has 6 aliphatic rings. The van der Waals surface area contributed by atoms with Gasteiger partial charge in [0.05, 0.1) is 28.8 Å². The van der Waals surface area contributed by atoms with E-state index in [0.717, 1.165) is 55.5 Å². The number of nitrogens with one attached hydrogen (secondary N) is 1. The molecule has 5 aliphatic carbocycles. The normalized spacial score (nSPS) is 32.1. The van der Waals surface area contributed by atoms with Crippen LogP contribution in [0.25, 0.3) is 17.5 Å². The molecule has 3 unspecified atom stereocenters. The lowest BCUT2D eigenvalue weighted by Gasteiger charge is -2.58. The topological polar surface area (TPSA) is 139 Å². The Morgan fingerprint density at radius 3 is 2.64 bits per heavy atom. The van der Waals surface area contributed by atoms with Gasteiger partial charge in [-0.2, -0.15) is 4.98 Å². The van der Waals surface area contributed by atoms with Gasteiger partial charge in [0.15, 0.2) is 0 Å². The lowest BCUT2D eigenvalue weighted by atomic mass is 9.52. The second-order valence-corrected chi connectivity index (χ2v) is 14.5. The second-order valence-electron chi connectivity index (χ2n) is 12.5. The van der Waals surface area contributed by atoms with Crippen molar-refractivity contribution >= 4 is 27.6 Å². The minimum absolute atomic E-state index is 0.0504. The maximum atomic E-state index is 13.0. The third-order valence-corrected chi connectivity index (χ3v) is 11.1. The van der Waals surface area contributed by atoms with Gasteiger partial charge in [0.25, 0.3) is 5.89 Å². The first-order chi connectivity index (χ1) is 18.6. The third-order valence-electron chi connectivity index (χ3n) is 9.77. The van der Waals surface area contributed by atoms with Crippen molar-refractivity contribution in [3.63, 3.8) is 0 Å². The highest BCUT2D eigenvalue weighted by atomic mass is 32.2. The summed E-state index contributed by atoms with van der Waals surface area (Å²) in [4.78, 5) is 22.2. The molecule has 10 nitrogen and oxygen atoms in total. The number of nitrogens with zero attached hydrogens (tertiary/aromatic N) is 4. The average molecular weight is 554 g/mol. The smallest absolute Gasteiger partial charge is 0.262 e. The van der Waals surface area contributed by atoms with E-state index in [2.05, 4.69) is 32.6 Å². The number of aromatic nitrogens is 3. The van der Waals surface area contributed by atoms with E-state index >= 15 is 0 Å². The predicted octanol–water partition coefficient (Wildman–Crippen LogP) is 3.30. The number of aliphatic hydroxyl groups is 1. The van der Waals surface area contributed by atoms with E-state index in [0.29, 0.717) is 49.2 Å². The van der Waals surface area contributed by atoms with E-state index in [-0.39, 0.29) is 35.9 Å². The van der Waals surface area contributed by atoms with Gasteiger partial charge in [-0.3, -0.25) is 9.78 Å². The third kappa shape index (κ3) is 4.62. The maximum absolute atomic E-state index is 13.0. The van der Waals surface area contributed by atoms with E-state index in [1.807, 2.05) is 0 Å². The zero-order chi connectivity index (χ0) is 26.9. The number of fused-ring (bicyclic) bond motifs is 1. The number of anilines is 1. The van der Waals surface area contributed by atoms with Gasteiger partial charge in [0.1, 0.15) is 0 Å². The van der Waals surface area contributed by atoms with Crippen molar-refractivity contribution in [2.45, 2.75) is 69.4 Å². The van der Waals surface area contributed by atoms with Crippen LogP contribution in [0.1, 0.15) is 73.2 Å². The minimum Gasteiger partial charge on any atom is -0.390 e. The Kier molecular flexibility index (Phi) is 5.98. The Labute approximate surface area is 228 Å².